The summed E-state index contributed by atoms with van der Waals surface area (Å²) in [5, 5.41) is 8.53. The predicted molar refractivity (Wildman–Crippen MR) is 92.3 cm³/mol. The number of ether oxygens (including phenoxy) is 1. The summed E-state index contributed by atoms with van der Waals surface area (Å²) in [5.41, 5.74) is 0.709. The van der Waals surface area contributed by atoms with Gasteiger partial charge in [0.15, 0.2) is 0 Å². The molecule has 3 aromatic rings. The summed E-state index contributed by atoms with van der Waals surface area (Å²) in [6, 6.07) is 10.5. The van der Waals surface area contributed by atoms with Gasteiger partial charge in [-0.1, -0.05) is 23.4 Å². The molecule has 2 heterocycles. The zero-order chi connectivity index (χ0) is 17.6. The van der Waals surface area contributed by atoms with Gasteiger partial charge in [0.1, 0.15) is 0 Å². The number of amides is 1. The number of para-hydroxylation sites is 1. The normalized spacial score (nSPS) is 10.4. The van der Waals surface area contributed by atoms with Crippen LogP contribution in [0.3, 0.4) is 0 Å². The van der Waals surface area contributed by atoms with Gasteiger partial charge < -0.3 is 14.6 Å². The largest absolute Gasteiger partial charge is 0.465 e. The van der Waals surface area contributed by atoms with Gasteiger partial charge in [-0.2, -0.15) is 4.98 Å². The van der Waals surface area contributed by atoms with Gasteiger partial charge in [0, 0.05) is 12.8 Å². The van der Waals surface area contributed by atoms with Crippen molar-refractivity contribution in [2.24, 2.45) is 0 Å². The van der Waals surface area contributed by atoms with Crippen LogP contribution in [0.2, 0.25) is 0 Å². The van der Waals surface area contributed by atoms with Crippen LogP contribution < -0.4 is 5.32 Å². The maximum Gasteiger partial charge on any atom is 0.339 e. The number of nitrogens with one attached hydrogen (secondary N) is 1. The Balaban J connectivity index is 1.60. The van der Waals surface area contributed by atoms with E-state index in [2.05, 4.69) is 15.5 Å². The second-order valence-electron chi connectivity index (χ2n) is 5.07. The minimum Gasteiger partial charge on any atom is -0.465 e. The first-order valence-corrected chi connectivity index (χ1v) is 8.39. The van der Waals surface area contributed by atoms with Crippen LogP contribution in [0, 0.1) is 0 Å². The number of methoxy groups -OCH3 is 1. The van der Waals surface area contributed by atoms with Crippen molar-refractivity contribution in [2.45, 2.75) is 12.8 Å². The molecule has 1 aromatic carbocycles. The molecule has 3 rings (SSSR count). The molecular weight excluding hydrogens is 342 g/mol. The Kier molecular flexibility index (Phi) is 5.20. The van der Waals surface area contributed by atoms with Gasteiger partial charge in [-0.3, -0.25) is 4.79 Å². The third kappa shape index (κ3) is 4.10. The highest BCUT2D eigenvalue weighted by molar-refractivity contribution is 7.13. The molecule has 1 amide bonds. The van der Waals surface area contributed by atoms with Crippen molar-refractivity contribution in [1.82, 2.24) is 10.1 Å². The minimum atomic E-state index is -0.506. The van der Waals surface area contributed by atoms with Gasteiger partial charge in [-0.05, 0) is 23.6 Å². The summed E-state index contributed by atoms with van der Waals surface area (Å²) >= 11 is 1.51. The Morgan fingerprint density at radius 2 is 2.08 bits per heavy atom. The van der Waals surface area contributed by atoms with Crippen LogP contribution in [0.4, 0.5) is 5.69 Å². The molecule has 0 saturated carbocycles. The maximum atomic E-state index is 12.1. The lowest BCUT2D eigenvalue weighted by molar-refractivity contribution is -0.116. The monoisotopic (exact) mass is 357 g/mol. The molecule has 7 nitrogen and oxygen atoms in total. The summed E-state index contributed by atoms with van der Waals surface area (Å²) < 4.78 is 9.86. The fourth-order valence-corrected chi connectivity index (χ4v) is 2.82. The zero-order valence-corrected chi connectivity index (χ0v) is 14.2. The molecular formula is C17H15N3O4S. The molecule has 0 fully saturated rings. The highest BCUT2D eigenvalue weighted by atomic mass is 32.1. The van der Waals surface area contributed by atoms with Crippen LogP contribution >= 0.6 is 11.3 Å². The Labute approximate surface area is 147 Å². The average Bonchev–Trinajstić information content (AvgIpc) is 3.31. The maximum absolute atomic E-state index is 12.1. The van der Waals surface area contributed by atoms with Crippen LogP contribution in [0.15, 0.2) is 46.3 Å². The van der Waals surface area contributed by atoms with E-state index in [0.29, 0.717) is 29.4 Å². The number of carbonyl (C=O) groups is 2. The molecule has 0 radical (unpaired) electrons. The Hall–Kier alpha value is -3.00. The number of nitrogens with zero attached hydrogens (tertiary/aromatic N) is 2. The minimum absolute atomic E-state index is 0.154. The molecule has 0 bridgehead atoms. The van der Waals surface area contributed by atoms with Gasteiger partial charge >= 0.3 is 5.97 Å². The van der Waals surface area contributed by atoms with Crippen LogP contribution in [-0.4, -0.2) is 29.1 Å². The molecule has 0 spiro atoms. The summed E-state index contributed by atoms with van der Waals surface area (Å²) in [7, 11) is 1.29. The fraction of sp³-hybridized carbons (Fsp3) is 0.176. The topological polar surface area (TPSA) is 94.3 Å². The van der Waals surface area contributed by atoms with Gasteiger partial charge in [-0.15, -0.1) is 11.3 Å². The molecule has 0 aliphatic rings. The van der Waals surface area contributed by atoms with E-state index >= 15 is 0 Å². The molecule has 0 aliphatic carbocycles. The molecule has 25 heavy (non-hydrogen) atoms. The molecule has 8 heteroatoms. The summed E-state index contributed by atoms with van der Waals surface area (Å²) in [4.78, 5) is 29.0. The van der Waals surface area contributed by atoms with Crippen LogP contribution in [-0.2, 0) is 16.0 Å². The van der Waals surface area contributed by atoms with Gasteiger partial charge in [0.25, 0.3) is 0 Å². The summed E-state index contributed by atoms with van der Waals surface area (Å²) in [5.74, 6) is 0.141. The number of rotatable bonds is 6. The summed E-state index contributed by atoms with van der Waals surface area (Å²) in [6.07, 6.45) is 0.464. The van der Waals surface area contributed by atoms with Crippen molar-refractivity contribution >= 4 is 28.9 Å². The number of carbonyl (C=O) groups excluding carboxylic acids is 2. The number of aryl methyl sites for hydroxylation is 1. The quantitative estimate of drug-likeness (QED) is 0.681. The highest BCUT2D eigenvalue weighted by Gasteiger charge is 2.15. The van der Waals surface area contributed by atoms with Crippen molar-refractivity contribution in [1.29, 1.82) is 0 Å². The van der Waals surface area contributed by atoms with E-state index in [1.54, 1.807) is 24.3 Å². The molecule has 0 atom stereocenters. The van der Waals surface area contributed by atoms with Crippen molar-refractivity contribution < 1.29 is 18.8 Å². The second kappa shape index (κ2) is 7.71. The Morgan fingerprint density at radius 3 is 2.84 bits per heavy atom. The smallest absolute Gasteiger partial charge is 0.339 e. The van der Waals surface area contributed by atoms with Crippen molar-refractivity contribution in [3.05, 3.63) is 53.2 Å². The second-order valence-corrected chi connectivity index (χ2v) is 6.02. The molecule has 0 unspecified atom stereocenters. The van der Waals surface area contributed by atoms with Crippen molar-refractivity contribution in [2.75, 3.05) is 12.4 Å². The highest BCUT2D eigenvalue weighted by Crippen LogP contribution is 2.21. The lowest BCUT2D eigenvalue weighted by Gasteiger charge is -2.08. The van der Waals surface area contributed by atoms with E-state index in [1.165, 1.54) is 18.4 Å². The fourth-order valence-electron chi connectivity index (χ4n) is 2.18. The van der Waals surface area contributed by atoms with E-state index in [1.807, 2.05) is 17.5 Å². The number of anilines is 1. The van der Waals surface area contributed by atoms with Gasteiger partial charge in [0.2, 0.25) is 17.6 Å². The number of esters is 1. The predicted octanol–water partition coefficient (Wildman–Crippen LogP) is 3.16. The van der Waals surface area contributed by atoms with Gasteiger partial charge in [0.05, 0.1) is 23.2 Å². The number of hydrogen-bond acceptors (Lipinski definition) is 7. The summed E-state index contributed by atoms with van der Waals surface area (Å²) in [6.45, 7) is 0. The lowest BCUT2D eigenvalue weighted by atomic mass is 10.1. The SMILES string of the molecule is COC(=O)c1ccccc1NC(=O)CCc1nc(-c2cccs2)no1. The molecule has 128 valence electrons. The van der Waals surface area contributed by atoms with Gasteiger partial charge in [-0.25, -0.2) is 4.79 Å². The molecule has 2 aromatic heterocycles. The molecule has 1 N–H and O–H groups in total. The first-order valence-electron chi connectivity index (χ1n) is 7.51. The standard InChI is InChI=1S/C17H15N3O4S/c1-23-17(22)11-5-2-3-6-12(11)18-14(21)8-9-15-19-16(20-24-15)13-7-4-10-25-13/h2-7,10H,8-9H2,1H3,(H,18,21). The van der Waals surface area contributed by atoms with Crippen molar-refractivity contribution in [3.8, 4) is 10.7 Å². The number of aromatic nitrogens is 2. The van der Waals surface area contributed by atoms with Crippen LogP contribution in [0.5, 0.6) is 0 Å². The van der Waals surface area contributed by atoms with Crippen LogP contribution in [0.25, 0.3) is 10.7 Å². The van der Waals surface area contributed by atoms with E-state index in [4.69, 9.17) is 9.26 Å². The third-order valence-corrected chi connectivity index (χ3v) is 4.25. The van der Waals surface area contributed by atoms with E-state index < -0.39 is 5.97 Å². The number of thiophene rings is 1. The third-order valence-electron chi connectivity index (χ3n) is 3.38. The first-order chi connectivity index (χ1) is 12.2. The lowest BCUT2D eigenvalue weighted by Crippen LogP contribution is -2.15. The molecule has 0 aliphatic heterocycles. The number of benzene rings is 1. The molecule has 0 saturated heterocycles. The number of hydrogen-bond donors (Lipinski definition) is 1. The van der Waals surface area contributed by atoms with Crippen molar-refractivity contribution in [3.63, 3.8) is 0 Å². The first kappa shape index (κ1) is 16.8. The van der Waals surface area contributed by atoms with E-state index in [9.17, 15) is 9.59 Å². The van der Waals surface area contributed by atoms with E-state index in [0.717, 1.165) is 4.88 Å². The van der Waals surface area contributed by atoms with E-state index in [-0.39, 0.29) is 12.3 Å². The Morgan fingerprint density at radius 1 is 1.24 bits per heavy atom. The van der Waals surface area contributed by atoms with Crippen LogP contribution in [0.1, 0.15) is 22.7 Å². The Bertz CT molecular complexity index is 874. The zero-order valence-electron chi connectivity index (χ0n) is 13.4. The average molecular weight is 357 g/mol.